The number of hydrogen-bond donors (Lipinski definition) is 2. The zero-order chi connectivity index (χ0) is 15.2. The molecule has 21 heavy (non-hydrogen) atoms. The second-order valence-corrected chi connectivity index (χ2v) is 5.18. The van der Waals surface area contributed by atoms with Gasteiger partial charge in [-0.2, -0.15) is 4.98 Å². The van der Waals surface area contributed by atoms with Gasteiger partial charge in [0.05, 0.1) is 12.5 Å². The molecule has 0 spiro atoms. The Morgan fingerprint density at radius 1 is 1.33 bits per heavy atom. The van der Waals surface area contributed by atoms with Crippen molar-refractivity contribution in [1.29, 1.82) is 0 Å². The summed E-state index contributed by atoms with van der Waals surface area (Å²) in [6.45, 7) is 3.60. The Bertz CT molecular complexity index is 580. The molecule has 0 saturated carbocycles. The molecule has 1 amide bonds. The molecule has 0 saturated heterocycles. The van der Waals surface area contributed by atoms with Gasteiger partial charge in [0.1, 0.15) is 0 Å². The predicted octanol–water partition coefficient (Wildman–Crippen LogP) is 1.57. The van der Waals surface area contributed by atoms with Crippen molar-refractivity contribution in [2.24, 2.45) is 5.73 Å². The van der Waals surface area contributed by atoms with E-state index in [1.807, 2.05) is 37.3 Å². The molecule has 2 atom stereocenters. The van der Waals surface area contributed by atoms with E-state index < -0.39 is 0 Å². The van der Waals surface area contributed by atoms with Gasteiger partial charge in [-0.25, -0.2) is 0 Å². The summed E-state index contributed by atoms with van der Waals surface area (Å²) < 4.78 is 5.22. The van der Waals surface area contributed by atoms with Crippen molar-refractivity contribution in [3.8, 4) is 0 Å². The Morgan fingerprint density at radius 3 is 2.71 bits per heavy atom. The van der Waals surface area contributed by atoms with Crippen LogP contribution in [-0.4, -0.2) is 22.1 Å². The molecule has 0 aliphatic rings. The molecule has 0 fully saturated rings. The number of nitrogens with zero attached hydrogens (tertiary/aromatic N) is 2. The van der Waals surface area contributed by atoms with Crippen LogP contribution in [0.4, 0.5) is 0 Å². The molecule has 6 nitrogen and oxygen atoms in total. The first-order valence-corrected chi connectivity index (χ1v) is 6.96. The molecule has 0 aliphatic carbocycles. The summed E-state index contributed by atoms with van der Waals surface area (Å²) in [7, 11) is 0. The molecular formula is C15H20N4O2. The minimum absolute atomic E-state index is 0.119. The molecule has 1 aromatic carbocycles. The molecule has 2 aromatic rings. The number of nitrogens with two attached hydrogens (primary N) is 1. The molecule has 2 rings (SSSR count). The van der Waals surface area contributed by atoms with Gasteiger partial charge in [-0.1, -0.05) is 35.5 Å². The van der Waals surface area contributed by atoms with E-state index >= 15 is 0 Å². The highest BCUT2D eigenvalue weighted by molar-refractivity contribution is 5.76. The first-order chi connectivity index (χ1) is 10.0. The number of amides is 1. The van der Waals surface area contributed by atoms with Crippen LogP contribution in [0.5, 0.6) is 0 Å². The number of carbonyl (C=O) groups excluding carboxylic acids is 1. The molecule has 2 unspecified atom stereocenters. The SMILES string of the molecule is CC(N)CC(=O)NC(C)c1noc(Cc2ccccc2)n1. The number of aromatic nitrogens is 2. The van der Waals surface area contributed by atoms with Gasteiger partial charge in [0.25, 0.3) is 0 Å². The van der Waals surface area contributed by atoms with E-state index in [4.69, 9.17) is 10.3 Å². The normalized spacial score (nSPS) is 13.7. The van der Waals surface area contributed by atoms with Crippen LogP contribution < -0.4 is 11.1 Å². The van der Waals surface area contributed by atoms with Crippen molar-refractivity contribution in [1.82, 2.24) is 15.5 Å². The first-order valence-electron chi connectivity index (χ1n) is 6.96. The van der Waals surface area contributed by atoms with Gasteiger partial charge >= 0.3 is 0 Å². The number of carbonyl (C=O) groups is 1. The molecule has 3 N–H and O–H groups in total. The minimum Gasteiger partial charge on any atom is -0.346 e. The van der Waals surface area contributed by atoms with E-state index in [0.29, 0.717) is 18.1 Å². The maximum absolute atomic E-state index is 11.7. The topological polar surface area (TPSA) is 94.0 Å². The van der Waals surface area contributed by atoms with E-state index in [2.05, 4.69) is 15.5 Å². The van der Waals surface area contributed by atoms with Gasteiger partial charge in [0.2, 0.25) is 11.8 Å². The molecule has 1 heterocycles. The number of hydrogen-bond acceptors (Lipinski definition) is 5. The standard InChI is InChI=1S/C15H20N4O2/c1-10(16)8-13(20)17-11(2)15-18-14(21-19-15)9-12-6-4-3-5-7-12/h3-7,10-11H,8-9,16H2,1-2H3,(H,17,20). The summed E-state index contributed by atoms with van der Waals surface area (Å²) >= 11 is 0. The van der Waals surface area contributed by atoms with Crippen LogP contribution in [0.15, 0.2) is 34.9 Å². The monoisotopic (exact) mass is 288 g/mol. The lowest BCUT2D eigenvalue weighted by Gasteiger charge is -2.11. The summed E-state index contributed by atoms with van der Waals surface area (Å²) in [5.41, 5.74) is 6.69. The van der Waals surface area contributed by atoms with Crippen LogP contribution in [0.2, 0.25) is 0 Å². The molecule has 0 aliphatic heterocycles. The van der Waals surface area contributed by atoms with Gasteiger partial charge in [0, 0.05) is 12.5 Å². The van der Waals surface area contributed by atoms with Gasteiger partial charge in [-0.15, -0.1) is 0 Å². The lowest BCUT2D eigenvalue weighted by atomic mass is 10.1. The third-order valence-electron chi connectivity index (χ3n) is 2.95. The van der Waals surface area contributed by atoms with Crippen molar-refractivity contribution < 1.29 is 9.32 Å². The molecule has 112 valence electrons. The van der Waals surface area contributed by atoms with Crippen LogP contribution in [0, 0.1) is 0 Å². The zero-order valence-corrected chi connectivity index (χ0v) is 12.2. The van der Waals surface area contributed by atoms with Crippen LogP contribution in [-0.2, 0) is 11.2 Å². The number of rotatable bonds is 6. The Kier molecular flexibility index (Phi) is 5.05. The van der Waals surface area contributed by atoms with Crippen molar-refractivity contribution in [3.05, 3.63) is 47.6 Å². The van der Waals surface area contributed by atoms with E-state index in [1.54, 1.807) is 6.92 Å². The highest BCUT2D eigenvalue weighted by atomic mass is 16.5. The van der Waals surface area contributed by atoms with Gasteiger partial charge < -0.3 is 15.6 Å². The first kappa shape index (κ1) is 15.2. The maximum Gasteiger partial charge on any atom is 0.231 e. The van der Waals surface area contributed by atoms with Gasteiger partial charge in [-0.3, -0.25) is 4.79 Å². The van der Waals surface area contributed by atoms with Gasteiger partial charge in [0.15, 0.2) is 5.82 Å². The smallest absolute Gasteiger partial charge is 0.231 e. The fraction of sp³-hybridized carbons (Fsp3) is 0.400. The van der Waals surface area contributed by atoms with E-state index in [9.17, 15) is 4.79 Å². The highest BCUT2D eigenvalue weighted by Gasteiger charge is 2.16. The average molecular weight is 288 g/mol. The largest absolute Gasteiger partial charge is 0.346 e. The summed E-state index contributed by atoms with van der Waals surface area (Å²) in [4.78, 5) is 16.0. The van der Waals surface area contributed by atoms with E-state index in [1.165, 1.54) is 0 Å². The Hall–Kier alpha value is -2.21. The highest BCUT2D eigenvalue weighted by Crippen LogP contribution is 2.12. The Morgan fingerprint density at radius 2 is 2.05 bits per heavy atom. The van der Waals surface area contributed by atoms with Gasteiger partial charge in [-0.05, 0) is 19.4 Å². The lowest BCUT2D eigenvalue weighted by Crippen LogP contribution is -2.32. The average Bonchev–Trinajstić information content (AvgIpc) is 2.87. The van der Waals surface area contributed by atoms with Crippen molar-refractivity contribution >= 4 is 5.91 Å². The molecule has 0 bridgehead atoms. The molecule has 0 radical (unpaired) electrons. The van der Waals surface area contributed by atoms with E-state index in [-0.39, 0.29) is 24.4 Å². The second-order valence-electron chi connectivity index (χ2n) is 5.18. The molecule has 6 heteroatoms. The third-order valence-corrected chi connectivity index (χ3v) is 2.95. The summed E-state index contributed by atoms with van der Waals surface area (Å²) in [5.74, 6) is 0.885. The predicted molar refractivity (Wildman–Crippen MR) is 78.4 cm³/mol. The minimum atomic E-state index is -0.301. The van der Waals surface area contributed by atoms with Crippen LogP contribution in [0.25, 0.3) is 0 Å². The quantitative estimate of drug-likeness (QED) is 0.841. The fourth-order valence-electron chi connectivity index (χ4n) is 1.94. The van der Waals surface area contributed by atoms with Crippen molar-refractivity contribution in [2.45, 2.75) is 38.8 Å². The lowest BCUT2D eigenvalue weighted by molar-refractivity contribution is -0.122. The third kappa shape index (κ3) is 4.68. The summed E-state index contributed by atoms with van der Waals surface area (Å²) in [5, 5.41) is 6.71. The second kappa shape index (κ2) is 6.99. The summed E-state index contributed by atoms with van der Waals surface area (Å²) in [6, 6.07) is 9.40. The summed E-state index contributed by atoms with van der Waals surface area (Å²) in [6.07, 6.45) is 0.855. The number of nitrogens with one attached hydrogen (secondary N) is 1. The van der Waals surface area contributed by atoms with Crippen LogP contribution in [0.3, 0.4) is 0 Å². The molecule has 1 aromatic heterocycles. The van der Waals surface area contributed by atoms with Crippen LogP contribution in [0.1, 0.15) is 43.6 Å². The maximum atomic E-state index is 11.7. The number of benzene rings is 1. The Labute approximate surface area is 123 Å². The molecular weight excluding hydrogens is 268 g/mol. The Balaban J connectivity index is 1.94. The van der Waals surface area contributed by atoms with Crippen molar-refractivity contribution in [3.63, 3.8) is 0 Å². The fourth-order valence-corrected chi connectivity index (χ4v) is 1.94. The van der Waals surface area contributed by atoms with Crippen LogP contribution >= 0.6 is 0 Å². The van der Waals surface area contributed by atoms with E-state index in [0.717, 1.165) is 5.56 Å². The van der Waals surface area contributed by atoms with Crippen molar-refractivity contribution in [2.75, 3.05) is 0 Å². The zero-order valence-electron chi connectivity index (χ0n) is 12.2.